The van der Waals surface area contributed by atoms with Gasteiger partial charge in [-0.25, -0.2) is 4.79 Å². The fourth-order valence-corrected chi connectivity index (χ4v) is 1.92. The maximum Gasteiger partial charge on any atom is 0.411 e. The molecule has 0 saturated carbocycles. The molecular formula is C15H18ClNO4. The van der Waals surface area contributed by atoms with Crippen molar-refractivity contribution >= 4 is 23.4 Å². The van der Waals surface area contributed by atoms with E-state index in [0.717, 1.165) is 0 Å². The SMILES string of the molecule is C#CCOc1c(Cl)cc(NC(=O)OC(C)C)cc1COC. The van der Waals surface area contributed by atoms with Gasteiger partial charge in [-0.15, -0.1) is 6.42 Å². The molecule has 1 N–H and O–H groups in total. The number of halogens is 1. The summed E-state index contributed by atoms with van der Waals surface area (Å²) < 4.78 is 15.5. The zero-order valence-corrected chi connectivity index (χ0v) is 13.0. The normalized spacial score (nSPS) is 10.1. The smallest absolute Gasteiger partial charge is 0.411 e. The van der Waals surface area contributed by atoms with Crippen molar-refractivity contribution in [1.29, 1.82) is 0 Å². The van der Waals surface area contributed by atoms with Crippen molar-refractivity contribution in [2.75, 3.05) is 19.0 Å². The van der Waals surface area contributed by atoms with Crippen molar-refractivity contribution in [3.05, 3.63) is 22.7 Å². The molecule has 1 aromatic rings. The lowest BCUT2D eigenvalue weighted by molar-refractivity contribution is 0.130. The lowest BCUT2D eigenvalue weighted by Crippen LogP contribution is -2.18. The second-order valence-electron chi connectivity index (χ2n) is 4.45. The molecule has 0 aliphatic rings. The Morgan fingerprint density at radius 2 is 2.19 bits per heavy atom. The van der Waals surface area contributed by atoms with Crippen LogP contribution in [-0.4, -0.2) is 25.9 Å². The highest BCUT2D eigenvalue weighted by Crippen LogP contribution is 2.33. The summed E-state index contributed by atoms with van der Waals surface area (Å²) >= 11 is 6.15. The third-order valence-corrected chi connectivity index (χ3v) is 2.59. The number of terminal acetylenes is 1. The Balaban J connectivity index is 2.97. The van der Waals surface area contributed by atoms with E-state index in [-0.39, 0.29) is 19.3 Å². The summed E-state index contributed by atoms with van der Waals surface area (Å²) in [5.74, 6) is 2.81. The second kappa shape index (κ2) is 8.40. The molecule has 114 valence electrons. The summed E-state index contributed by atoms with van der Waals surface area (Å²) in [6.45, 7) is 3.90. The van der Waals surface area contributed by atoms with Gasteiger partial charge in [-0.3, -0.25) is 5.32 Å². The average molecular weight is 312 g/mol. The van der Waals surface area contributed by atoms with Crippen molar-refractivity contribution in [2.45, 2.75) is 26.6 Å². The van der Waals surface area contributed by atoms with E-state index in [9.17, 15) is 4.79 Å². The molecule has 1 aromatic carbocycles. The van der Waals surface area contributed by atoms with Crippen molar-refractivity contribution in [3.8, 4) is 18.1 Å². The minimum Gasteiger partial charge on any atom is -0.479 e. The van der Waals surface area contributed by atoms with Gasteiger partial charge >= 0.3 is 6.09 Å². The quantitative estimate of drug-likeness (QED) is 0.817. The number of carbonyl (C=O) groups excluding carboxylic acids is 1. The van der Waals surface area contributed by atoms with Crippen molar-refractivity contribution in [1.82, 2.24) is 0 Å². The van der Waals surface area contributed by atoms with Crippen LogP contribution in [-0.2, 0) is 16.1 Å². The number of amides is 1. The number of hydrogen-bond acceptors (Lipinski definition) is 4. The number of hydrogen-bond donors (Lipinski definition) is 1. The molecular weight excluding hydrogens is 294 g/mol. The highest BCUT2D eigenvalue weighted by atomic mass is 35.5. The first-order chi connectivity index (χ1) is 9.97. The van der Waals surface area contributed by atoms with Crippen LogP contribution in [0.15, 0.2) is 12.1 Å². The maximum absolute atomic E-state index is 11.6. The van der Waals surface area contributed by atoms with Crippen LogP contribution in [0.3, 0.4) is 0 Å². The van der Waals surface area contributed by atoms with Crippen molar-refractivity contribution in [2.24, 2.45) is 0 Å². The summed E-state index contributed by atoms with van der Waals surface area (Å²) in [6.07, 6.45) is 4.40. The van der Waals surface area contributed by atoms with Gasteiger partial charge < -0.3 is 14.2 Å². The molecule has 0 aliphatic heterocycles. The molecule has 0 aliphatic carbocycles. The van der Waals surface area contributed by atoms with Crippen LogP contribution >= 0.6 is 11.6 Å². The predicted octanol–water partition coefficient (Wildman–Crippen LogP) is 3.46. The number of methoxy groups -OCH3 is 1. The molecule has 1 amide bonds. The molecule has 1 rings (SSSR count). The van der Waals surface area contributed by atoms with Crippen LogP contribution < -0.4 is 10.1 Å². The first kappa shape index (κ1) is 17.2. The molecule has 0 saturated heterocycles. The summed E-state index contributed by atoms with van der Waals surface area (Å²) in [7, 11) is 1.55. The Morgan fingerprint density at radius 1 is 1.48 bits per heavy atom. The van der Waals surface area contributed by atoms with Gasteiger partial charge in [0.2, 0.25) is 0 Å². The van der Waals surface area contributed by atoms with Gasteiger partial charge in [0.15, 0.2) is 0 Å². The number of rotatable bonds is 6. The third kappa shape index (κ3) is 5.54. The number of nitrogens with one attached hydrogen (secondary N) is 1. The van der Waals surface area contributed by atoms with E-state index in [4.69, 9.17) is 32.2 Å². The Bertz CT molecular complexity index is 537. The molecule has 6 heteroatoms. The van der Waals surface area contributed by atoms with Gasteiger partial charge in [0, 0.05) is 18.4 Å². The van der Waals surface area contributed by atoms with Crippen LogP contribution in [0.1, 0.15) is 19.4 Å². The van der Waals surface area contributed by atoms with E-state index in [1.54, 1.807) is 33.1 Å². The molecule has 0 fully saturated rings. The molecule has 0 heterocycles. The lowest BCUT2D eigenvalue weighted by Gasteiger charge is -2.15. The first-order valence-electron chi connectivity index (χ1n) is 6.33. The van der Waals surface area contributed by atoms with Crippen molar-refractivity contribution < 1.29 is 19.0 Å². The fraction of sp³-hybridized carbons (Fsp3) is 0.400. The lowest BCUT2D eigenvalue weighted by atomic mass is 10.2. The van der Waals surface area contributed by atoms with E-state index in [1.807, 2.05) is 0 Å². The minimum absolute atomic E-state index is 0.0958. The van der Waals surface area contributed by atoms with Crippen LogP contribution in [0.2, 0.25) is 5.02 Å². The Kier molecular flexibility index (Phi) is 6.86. The molecule has 21 heavy (non-hydrogen) atoms. The predicted molar refractivity (Wildman–Crippen MR) is 81.7 cm³/mol. The van der Waals surface area contributed by atoms with Crippen LogP contribution in [0, 0.1) is 12.3 Å². The number of ether oxygens (including phenoxy) is 3. The van der Waals surface area contributed by atoms with Crippen LogP contribution in [0.25, 0.3) is 0 Å². The maximum atomic E-state index is 11.6. The summed E-state index contributed by atoms with van der Waals surface area (Å²) in [5.41, 5.74) is 1.17. The summed E-state index contributed by atoms with van der Waals surface area (Å²) in [4.78, 5) is 11.6. The molecule has 0 bridgehead atoms. The van der Waals surface area contributed by atoms with Gasteiger partial charge in [0.25, 0.3) is 0 Å². The fourth-order valence-electron chi connectivity index (χ4n) is 1.62. The van der Waals surface area contributed by atoms with E-state index < -0.39 is 6.09 Å². The first-order valence-corrected chi connectivity index (χ1v) is 6.71. The van der Waals surface area contributed by atoms with Crippen molar-refractivity contribution in [3.63, 3.8) is 0 Å². The highest BCUT2D eigenvalue weighted by Gasteiger charge is 2.13. The summed E-state index contributed by atoms with van der Waals surface area (Å²) in [6, 6.07) is 3.26. The number of benzene rings is 1. The largest absolute Gasteiger partial charge is 0.479 e. The molecule has 0 unspecified atom stereocenters. The Hall–Kier alpha value is -1.90. The standard InChI is InChI=1S/C15H18ClNO4/c1-5-6-20-14-11(9-19-4)7-12(8-13(14)16)17-15(18)21-10(2)3/h1,7-8,10H,6,9H2,2-4H3,(H,17,18). The van der Waals surface area contributed by atoms with E-state index in [2.05, 4.69) is 11.2 Å². The zero-order chi connectivity index (χ0) is 15.8. The van der Waals surface area contributed by atoms with Gasteiger partial charge in [-0.1, -0.05) is 17.5 Å². The molecule has 0 atom stereocenters. The second-order valence-corrected chi connectivity index (χ2v) is 4.86. The topological polar surface area (TPSA) is 56.8 Å². The van der Waals surface area contributed by atoms with Gasteiger partial charge in [-0.05, 0) is 26.0 Å². The molecule has 0 spiro atoms. The zero-order valence-electron chi connectivity index (χ0n) is 12.2. The molecule has 0 radical (unpaired) electrons. The highest BCUT2D eigenvalue weighted by molar-refractivity contribution is 6.32. The number of anilines is 1. The number of carbonyl (C=O) groups is 1. The van der Waals surface area contributed by atoms with Gasteiger partial charge in [0.05, 0.1) is 17.7 Å². The van der Waals surface area contributed by atoms with Gasteiger partial charge in [0.1, 0.15) is 12.4 Å². The van der Waals surface area contributed by atoms with Crippen LogP contribution in [0.4, 0.5) is 10.5 Å². The summed E-state index contributed by atoms with van der Waals surface area (Å²) in [5, 5.41) is 2.93. The van der Waals surface area contributed by atoms with E-state index in [0.29, 0.717) is 22.0 Å². The monoisotopic (exact) mass is 311 g/mol. The third-order valence-electron chi connectivity index (χ3n) is 2.31. The Morgan fingerprint density at radius 3 is 2.76 bits per heavy atom. The Labute approximate surface area is 129 Å². The van der Waals surface area contributed by atoms with Gasteiger partial charge in [-0.2, -0.15) is 0 Å². The van der Waals surface area contributed by atoms with E-state index >= 15 is 0 Å². The molecule has 5 nitrogen and oxygen atoms in total. The van der Waals surface area contributed by atoms with E-state index in [1.165, 1.54) is 0 Å². The molecule has 0 aromatic heterocycles. The minimum atomic E-state index is -0.554. The average Bonchev–Trinajstić information content (AvgIpc) is 2.37. The van der Waals surface area contributed by atoms with Crippen LogP contribution in [0.5, 0.6) is 5.75 Å².